The highest BCUT2D eigenvalue weighted by molar-refractivity contribution is 7.12. The third-order valence-electron chi connectivity index (χ3n) is 2.86. The van der Waals surface area contributed by atoms with Crippen molar-refractivity contribution >= 4 is 22.9 Å². The van der Waals surface area contributed by atoms with Crippen LogP contribution < -0.4 is 0 Å². The molecule has 0 bridgehead atoms. The summed E-state index contributed by atoms with van der Waals surface area (Å²) in [4.78, 5) is 2.65. The largest absolute Gasteiger partial charge is 0.144 e. The predicted molar refractivity (Wildman–Crippen MR) is 77.3 cm³/mol. The lowest BCUT2D eigenvalue weighted by Crippen LogP contribution is -1.95. The molecule has 0 saturated carbocycles. The smallest absolute Gasteiger partial charge is 0.0721 e. The van der Waals surface area contributed by atoms with Crippen LogP contribution in [0.1, 0.15) is 31.8 Å². The van der Waals surface area contributed by atoms with Crippen LogP contribution in [-0.2, 0) is 6.42 Å². The molecule has 0 aliphatic carbocycles. The summed E-state index contributed by atoms with van der Waals surface area (Å²) in [5.74, 6) is 0. The van der Waals surface area contributed by atoms with Gasteiger partial charge in [-0.05, 0) is 44.4 Å². The maximum absolute atomic E-state index is 6.52. The van der Waals surface area contributed by atoms with Crippen molar-refractivity contribution in [2.45, 2.75) is 32.6 Å². The van der Waals surface area contributed by atoms with Crippen molar-refractivity contribution in [2.75, 3.05) is 0 Å². The van der Waals surface area contributed by atoms with Crippen molar-refractivity contribution < 1.29 is 0 Å². The van der Waals surface area contributed by atoms with Gasteiger partial charge in [0.1, 0.15) is 0 Å². The molecule has 0 spiro atoms. The lowest BCUT2D eigenvalue weighted by atomic mass is 10.1. The summed E-state index contributed by atoms with van der Waals surface area (Å²) in [6.45, 7) is 6.40. The number of rotatable bonds is 3. The van der Waals surface area contributed by atoms with Crippen LogP contribution in [0.15, 0.2) is 30.3 Å². The number of alkyl halides is 1. The third kappa shape index (κ3) is 3.11. The minimum Gasteiger partial charge on any atom is -0.144 e. The Bertz CT molecular complexity index is 513. The number of halogens is 1. The highest BCUT2D eigenvalue weighted by Gasteiger charge is 2.14. The first-order valence-corrected chi connectivity index (χ1v) is 7.08. The minimum atomic E-state index is 0.0931. The van der Waals surface area contributed by atoms with Gasteiger partial charge in [-0.2, -0.15) is 0 Å². The van der Waals surface area contributed by atoms with Crippen LogP contribution in [0.3, 0.4) is 0 Å². The molecule has 1 aromatic heterocycles. The SMILES string of the molecule is Cc1cccc(CC(Cl)c2sc(C)cc2C)c1. The van der Waals surface area contributed by atoms with Crippen LogP contribution in [0.5, 0.6) is 0 Å². The first kappa shape index (κ1) is 12.7. The Morgan fingerprint density at radius 2 is 1.94 bits per heavy atom. The van der Waals surface area contributed by atoms with E-state index in [2.05, 4.69) is 51.1 Å². The number of benzene rings is 1. The third-order valence-corrected chi connectivity index (χ3v) is 4.63. The van der Waals surface area contributed by atoms with Crippen LogP contribution in [0, 0.1) is 20.8 Å². The van der Waals surface area contributed by atoms with Gasteiger partial charge >= 0.3 is 0 Å². The van der Waals surface area contributed by atoms with Crippen molar-refractivity contribution in [2.24, 2.45) is 0 Å². The fourth-order valence-electron chi connectivity index (χ4n) is 2.11. The average Bonchev–Trinajstić information content (AvgIpc) is 2.58. The molecule has 0 aliphatic rings. The maximum Gasteiger partial charge on any atom is 0.0721 e. The van der Waals surface area contributed by atoms with Crippen LogP contribution in [0.25, 0.3) is 0 Å². The number of thiophene rings is 1. The van der Waals surface area contributed by atoms with Gasteiger partial charge in [0.15, 0.2) is 0 Å². The quantitative estimate of drug-likeness (QED) is 0.669. The second-order valence-electron chi connectivity index (χ2n) is 4.57. The highest BCUT2D eigenvalue weighted by atomic mass is 35.5. The van der Waals surface area contributed by atoms with Crippen LogP contribution in [-0.4, -0.2) is 0 Å². The molecule has 0 fully saturated rings. The molecule has 0 nitrogen and oxygen atoms in total. The number of hydrogen-bond acceptors (Lipinski definition) is 1. The Balaban J connectivity index is 2.16. The van der Waals surface area contributed by atoms with Crippen LogP contribution in [0.2, 0.25) is 0 Å². The van der Waals surface area contributed by atoms with Gasteiger partial charge in [-0.15, -0.1) is 22.9 Å². The predicted octanol–water partition coefficient (Wildman–Crippen LogP) is 5.20. The second kappa shape index (κ2) is 5.24. The molecule has 1 atom stereocenters. The molecule has 90 valence electrons. The lowest BCUT2D eigenvalue weighted by molar-refractivity contribution is 0.930. The Morgan fingerprint density at radius 1 is 1.18 bits per heavy atom. The highest BCUT2D eigenvalue weighted by Crippen LogP contribution is 2.33. The molecule has 0 saturated heterocycles. The Hall–Kier alpha value is -0.790. The molecule has 1 aromatic carbocycles. The van der Waals surface area contributed by atoms with Crippen molar-refractivity contribution in [1.29, 1.82) is 0 Å². The van der Waals surface area contributed by atoms with Gasteiger partial charge in [0, 0.05) is 9.75 Å². The minimum absolute atomic E-state index is 0.0931. The summed E-state index contributed by atoms with van der Waals surface area (Å²) in [5.41, 5.74) is 3.93. The van der Waals surface area contributed by atoms with E-state index < -0.39 is 0 Å². The zero-order valence-electron chi connectivity index (χ0n) is 10.5. The summed E-state index contributed by atoms with van der Waals surface area (Å²) in [6, 6.07) is 10.8. The van der Waals surface area contributed by atoms with Gasteiger partial charge in [0.05, 0.1) is 5.38 Å². The van der Waals surface area contributed by atoms with E-state index in [4.69, 9.17) is 11.6 Å². The van der Waals surface area contributed by atoms with E-state index in [1.54, 1.807) is 0 Å². The van der Waals surface area contributed by atoms with E-state index >= 15 is 0 Å². The van der Waals surface area contributed by atoms with Crippen molar-refractivity contribution in [3.63, 3.8) is 0 Å². The van der Waals surface area contributed by atoms with E-state index in [1.807, 2.05) is 11.3 Å². The number of hydrogen-bond donors (Lipinski definition) is 0. The zero-order valence-corrected chi connectivity index (χ0v) is 12.0. The monoisotopic (exact) mass is 264 g/mol. The van der Waals surface area contributed by atoms with Gasteiger partial charge < -0.3 is 0 Å². The van der Waals surface area contributed by atoms with Gasteiger partial charge in [-0.3, -0.25) is 0 Å². The first-order valence-electron chi connectivity index (χ1n) is 5.83. The molecular weight excluding hydrogens is 248 g/mol. The molecule has 1 unspecified atom stereocenters. The molecule has 0 amide bonds. The Kier molecular flexibility index (Phi) is 3.90. The van der Waals surface area contributed by atoms with Crippen molar-refractivity contribution in [1.82, 2.24) is 0 Å². The fraction of sp³-hybridized carbons (Fsp3) is 0.333. The van der Waals surface area contributed by atoms with Crippen LogP contribution >= 0.6 is 22.9 Å². The van der Waals surface area contributed by atoms with E-state index in [0.717, 1.165) is 6.42 Å². The van der Waals surface area contributed by atoms with Gasteiger partial charge in [0.25, 0.3) is 0 Å². The molecule has 2 heteroatoms. The average molecular weight is 265 g/mol. The lowest BCUT2D eigenvalue weighted by Gasteiger charge is -2.09. The van der Waals surface area contributed by atoms with Crippen molar-refractivity contribution in [3.8, 4) is 0 Å². The summed E-state index contributed by atoms with van der Waals surface area (Å²) in [7, 11) is 0. The maximum atomic E-state index is 6.52. The standard InChI is InChI=1S/C15H17ClS/c1-10-5-4-6-13(7-10)9-14(16)15-11(2)8-12(3)17-15/h4-8,14H,9H2,1-3H3. The molecule has 1 heterocycles. The summed E-state index contributed by atoms with van der Waals surface area (Å²) >= 11 is 8.34. The van der Waals surface area contributed by atoms with Gasteiger partial charge in [-0.25, -0.2) is 0 Å². The van der Waals surface area contributed by atoms with Gasteiger partial charge in [-0.1, -0.05) is 29.8 Å². The van der Waals surface area contributed by atoms with E-state index in [1.165, 1.54) is 26.4 Å². The molecule has 0 aliphatic heterocycles. The molecule has 17 heavy (non-hydrogen) atoms. The molecule has 2 rings (SSSR count). The fourth-order valence-corrected chi connectivity index (χ4v) is 3.61. The molecule has 0 radical (unpaired) electrons. The zero-order chi connectivity index (χ0) is 12.4. The summed E-state index contributed by atoms with van der Waals surface area (Å²) < 4.78 is 0. The normalized spacial score (nSPS) is 12.7. The molecule has 2 aromatic rings. The second-order valence-corrected chi connectivity index (χ2v) is 6.38. The van der Waals surface area contributed by atoms with E-state index in [0.29, 0.717) is 0 Å². The topological polar surface area (TPSA) is 0 Å². The van der Waals surface area contributed by atoms with Crippen molar-refractivity contribution in [3.05, 3.63) is 56.8 Å². The Morgan fingerprint density at radius 3 is 2.53 bits per heavy atom. The van der Waals surface area contributed by atoms with E-state index in [-0.39, 0.29) is 5.38 Å². The van der Waals surface area contributed by atoms with Gasteiger partial charge in [0.2, 0.25) is 0 Å². The molecule has 0 N–H and O–H groups in total. The van der Waals surface area contributed by atoms with E-state index in [9.17, 15) is 0 Å². The summed E-state index contributed by atoms with van der Waals surface area (Å²) in [5, 5.41) is 0.0931. The summed E-state index contributed by atoms with van der Waals surface area (Å²) in [6.07, 6.45) is 0.907. The van der Waals surface area contributed by atoms with Crippen LogP contribution in [0.4, 0.5) is 0 Å². The number of aryl methyl sites for hydroxylation is 3. The molecular formula is C15H17ClS. The Labute approximate surface area is 112 Å². The first-order chi connectivity index (χ1) is 8.06.